The van der Waals surface area contributed by atoms with Gasteiger partial charge in [-0.05, 0) is 31.0 Å². The monoisotopic (exact) mass is 354 g/mol. The molecule has 0 aliphatic heterocycles. The molecule has 3 N–H and O–H groups in total. The van der Waals surface area contributed by atoms with E-state index in [-0.39, 0.29) is 11.9 Å². The highest BCUT2D eigenvalue weighted by molar-refractivity contribution is 9.10. The quantitative estimate of drug-likeness (QED) is 0.854. The molecule has 0 bridgehead atoms. The van der Waals surface area contributed by atoms with Gasteiger partial charge in [0.15, 0.2) is 0 Å². The van der Waals surface area contributed by atoms with Crippen molar-refractivity contribution in [2.24, 2.45) is 5.92 Å². The molecule has 0 spiro atoms. The minimum absolute atomic E-state index is 0.0763. The summed E-state index contributed by atoms with van der Waals surface area (Å²) in [5.74, 6) is 0.372. The average molecular weight is 355 g/mol. The first-order chi connectivity index (χ1) is 9.43. The molecule has 2 rings (SSSR count). The van der Waals surface area contributed by atoms with Gasteiger partial charge in [0.25, 0.3) is 5.91 Å². The number of nitrogens with two attached hydrogens (primary N) is 1. The summed E-state index contributed by atoms with van der Waals surface area (Å²) in [5.41, 5.74) is 6.69. The second-order valence-electron chi connectivity index (χ2n) is 5.13. The van der Waals surface area contributed by atoms with E-state index in [2.05, 4.69) is 35.1 Å². The Labute approximate surface area is 131 Å². The Kier molecular flexibility index (Phi) is 4.70. The van der Waals surface area contributed by atoms with E-state index >= 15 is 0 Å². The normalized spacial score (nSPS) is 14.2. The Morgan fingerprint density at radius 2 is 2.15 bits per heavy atom. The van der Waals surface area contributed by atoms with Crippen LogP contribution in [0.4, 0.5) is 5.69 Å². The van der Waals surface area contributed by atoms with Crippen molar-refractivity contribution in [3.8, 4) is 0 Å². The van der Waals surface area contributed by atoms with Gasteiger partial charge in [-0.15, -0.1) is 11.3 Å². The summed E-state index contributed by atoms with van der Waals surface area (Å²) in [6.07, 6.45) is 1.04. The highest BCUT2D eigenvalue weighted by Gasteiger charge is 2.19. The average Bonchev–Trinajstić information content (AvgIpc) is 2.75. The highest BCUT2D eigenvalue weighted by Crippen LogP contribution is 2.35. The highest BCUT2D eigenvalue weighted by atomic mass is 79.9. The maximum Gasteiger partial charge on any atom is 0.263 e. The molecule has 5 heteroatoms. The van der Waals surface area contributed by atoms with Crippen LogP contribution < -0.4 is 11.1 Å². The van der Waals surface area contributed by atoms with Crippen LogP contribution in [0.5, 0.6) is 0 Å². The maximum absolute atomic E-state index is 12.4. The van der Waals surface area contributed by atoms with Crippen molar-refractivity contribution in [3.63, 3.8) is 0 Å². The van der Waals surface area contributed by atoms with E-state index in [1.165, 1.54) is 11.3 Å². The molecular formula is C15H19BrN2OS. The molecule has 0 aliphatic rings. The van der Waals surface area contributed by atoms with Gasteiger partial charge in [0, 0.05) is 20.6 Å². The van der Waals surface area contributed by atoms with E-state index in [1.807, 2.05) is 25.1 Å². The summed E-state index contributed by atoms with van der Waals surface area (Å²) < 4.78 is 2.00. The number of fused-ring (bicyclic) bond motifs is 1. The smallest absolute Gasteiger partial charge is 0.263 e. The second-order valence-corrected chi connectivity index (χ2v) is 7.10. The van der Waals surface area contributed by atoms with E-state index in [1.54, 1.807) is 0 Å². The topological polar surface area (TPSA) is 55.1 Å². The molecule has 1 aromatic heterocycles. The first-order valence-electron chi connectivity index (χ1n) is 6.72. The molecule has 0 saturated heterocycles. The molecule has 0 radical (unpaired) electrons. The number of thiophene rings is 1. The maximum atomic E-state index is 12.4. The molecule has 1 amide bonds. The summed E-state index contributed by atoms with van der Waals surface area (Å²) in [5, 5.41) is 3.98. The second kappa shape index (κ2) is 6.14. The zero-order valence-electron chi connectivity index (χ0n) is 11.9. The fourth-order valence-electron chi connectivity index (χ4n) is 2.03. The summed E-state index contributed by atoms with van der Waals surface area (Å²) in [4.78, 5) is 13.0. The Hall–Kier alpha value is -1.07. The van der Waals surface area contributed by atoms with Crippen molar-refractivity contribution in [3.05, 3.63) is 27.5 Å². The van der Waals surface area contributed by atoms with E-state index in [0.29, 0.717) is 16.5 Å². The van der Waals surface area contributed by atoms with Gasteiger partial charge in [0.2, 0.25) is 0 Å². The zero-order valence-corrected chi connectivity index (χ0v) is 14.3. The van der Waals surface area contributed by atoms with Crippen molar-refractivity contribution in [1.29, 1.82) is 0 Å². The van der Waals surface area contributed by atoms with Crippen LogP contribution in [0.3, 0.4) is 0 Å². The van der Waals surface area contributed by atoms with Gasteiger partial charge in [0.1, 0.15) is 4.88 Å². The Morgan fingerprint density at radius 1 is 1.45 bits per heavy atom. The van der Waals surface area contributed by atoms with Crippen LogP contribution in [0.15, 0.2) is 22.7 Å². The van der Waals surface area contributed by atoms with Crippen LogP contribution in [0.25, 0.3) is 10.1 Å². The number of carbonyl (C=O) groups is 1. The third-order valence-electron chi connectivity index (χ3n) is 3.75. The lowest BCUT2D eigenvalue weighted by Gasteiger charge is -2.19. The molecule has 2 aromatic rings. The number of hydrogen-bond acceptors (Lipinski definition) is 3. The molecule has 108 valence electrons. The Bertz CT molecular complexity index is 638. The van der Waals surface area contributed by atoms with Crippen molar-refractivity contribution in [2.75, 3.05) is 5.73 Å². The molecule has 0 aliphatic carbocycles. The van der Waals surface area contributed by atoms with Gasteiger partial charge in [-0.2, -0.15) is 0 Å². The van der Waals surface area contributed by atoms with Gasteiger partial charge in [-0.3, -0.25) is 4.79 Å². The Morgan fingerprint density at radius 3 is 2.80 bits per heavy atom. The number of amides is 1. The van der Waals surface area contributed by atoms with E-state index in [9.17, 15) is 4.79 Å². The molecule has 2 unspecified atom stereocenters. The largest absolute Gasteiger partial charge is 0.397 e. The number of nitrogen functional groups attached to an aromatic ring is 1. The third-order valence-corrected chi connectivity index (χ3v) is 5.43. The van der Waals surface area contributed by atoms with Crippen LogP contribution in [-0.2, 0) is 0 Å². The van der Waals surface area contributed by atoms with Gasteiger partial charge < -0.3 is 11.1 Å². The molecule has 0 saturated carbocycles. The lowest BCUT2D eigenvalue weighted by molar-refractivity contribution is 0.0933. The molecule has 2 atom stereocenters. The van der Waals surface area contributed by atoms with Crippen LogP contribution in [-0.4, -0.2) is 11.9 Å². The molecule has 1 aromatic carbocycles. The van der Waals surface area contributed by atoms with E-state index < -0.39 is 0 Å². The summed E-state index contributed by atoms with van der Waals surface area (Å²) in [7, 11) is 0. The first kappa shape index (κ1) is 15.3. The van der Waals surface area contributed by atoms with Crippen molar-refractivity contribution < 1.29 is 4.79 Å². The van der Waals surface area contributed by atoms with Crippen LogP contribution >= 0.6 is 27.3 Å². The van der Waals surface area contributed by atoms with Crippen molar-refractivity contribution >= 4 is 48.9 Å². The van der Waals surface area contributed by atoms with E-state index in [0.717, 1.165) is 21.0 Å². The van der Waals surface area contributed by atoms with Crippen LogP contribution in [0.2, 0.25) is 0 Å². The number of halogens is 1. The van der Waals surface area contributed by atoms with Crippen molar-refractivity contribution in [1.82, 2.24) is 5.32 Å². The van der Waals surface area contributed by atoms with Gasteiger partial charge in [0.05, 0.1) is 5.69 Å². The van der Waals surface area contributed by atoms with Gasteiger partial charge >= 0.3 is 0 Å². The SMILES string of the molecule is CCC(C)C(C)NC(=O)c1sc2ccc(Br)cc2c1N. The predicted octanol–water partition coefficient (Wildman–Crippen LogP) is 4.41. The third kappa shape index (κ3) is 2.99. The number of anilines is 1. The minimum Gasteiger partial charge on any atom is -0.397 e. The summed E-state index contributed by atoms with van der Waals surface area (Å²) in [6, 6.07) is 6.04. The van der Waals surface area contributed by atoms with Crippen molar-refractivity contribution in [2.45, 2.75) is 33.2 Å². The molecule has 3 nitrogen and oxygen atoms in total. The number of carbonyl (C=O) groups excluding carboxylic acids is 1. The first-order valence-corrected chi connectivity index (χ1v) is 8.33. The molecular weight excluding hydrogens is 336 g/mol. The van der Waals surface area contributed by atoms with Gasteiger partial charge in [-0.1, -0.05) is 36.2 Å². The lowest BCUT2D eigenvalue weighted by atomic mass is 10.0. The van der Waals surface area contributed by atoms with Crippen LogP contribution in [0.1, 0.15) is 36.9 Å². The Balaban J connectivity index is 2.29. The zero-order chi connectivity index (χ0) is 14.9. The van der Waals surface area contributed by atoms with Gasteiger partial charge in [-0.25, -0.2) is 0 Å². The molecule has 0 fully saturated rings. The fourth-order valence-corrected chi connectivity index (χ4v) is 3.39. The summed E-state index contributed by atoms with van der Waals surface area (Å²) in [6.45, 7) is 6.29. The molecule has 20 heavy (non-hydrogen) atoms. The number of hydrogen-bond donors (Lipinski definition) is 2. The molecule has 1 heterocycles. The standard InChI is InChI=1S/C15H19BrN2OS/c1-4-8(2)9(3)18-15(19)14-13(17)11-7-10(16)5-6-12(11)20-14/h5-9H,4,17H2,1-3H3,(H,18,19). The fraction of sp³-hybridized carbons (Fsp3) is 0.400. The lowest BCUT2D eigenvalue weighted by Crippen LogP contribution is -2.36. The number of benzene rings is 1. The van der Waals surface area contributed by atoms with E-state index in [4.69, 9.17) is 5.73 Å². The number of rotatable bonds is 4. The minimum atomic E-state index is -0.0763. The predicted molar refractivity (Wildman–Crippen MR) is 90.3 cm³/mol. The summed E-state index contributed by atoms with van der Waals surface area (Å²) >= 11 is 4.87. The van der Waals surface area contributed by atoms with Crippen LogP contribution in [0, 0.1) is 5.92 Å². The number of nitrogens with one attached hydrogen (secondary N) is 1.